The summed E-state index contributed by atoms with van der Waals surface area (Å²) in [5.41, 5.74) is 0. The van der Waals surface area contributed by atoms with E-state index in [4.69, 9.17) is 11.6 Å². The third-order valence-corrected chi connectivity index (χ3v) is 2.18. The monoisotopic (exact) mass is 215 g/mol. The van der Waals surface area contributed by atoms with Crippen molar-refractivity contribution < 1.29 is 5.11 Å². The maximum absolute atomic E-state index is 9.52. The highest BCUT2D eigenvalue weighted by Gasteiger charge is 2.09. The molecule has 78 valence electrons. The van der Waals surface area contributed by atoms with Crippen LogP contribution >= 0.6 is 11.6 Å². The topological polar surface area (TPSA) is 58.0 Å². The quantitative estimate of drug-likeness (QED) is 0.801. The Balaban J connectivity index is 2.50. The standard InChI is InChI=1S/C9H14ClN3O/c1-6(2)7(14)5-13-9-8(10)11-3-4-12-9/h3-4,6-7,14H,5H2,1-2H3,(H,12,13). The number of rotatable bonds is 4. The molecule has 1 atom stereocenters. The van der Waals surface area contributed by atoms with E-state index in [1.54, 1.807) is 6.20 Å². The first kappa shape index (κ1) is 11.2. The van der Waals surface area contributed by atoms with Crippen molar-refractivity contribution in [3.63, 3.8) is 0 Å². The van der Waals surface area contributed by atoms with Crippen LogP contribution in [0.25, 0.3) is 0 Å². The van der Waals surface area contributed by atoms with Crippen LogP contribution in [0.15, 0.2) is 12.4 Å². The van der Waals surface area contributed by atoms with Crippen molar-refractivity contribution in [3.05, 3.63) is 17.5 Å². The van der Waals surface area contributed by atoms with Gasteiger partial charge in [0, 0.05) is 18.9 Å². The fraction of sp³-hybridized carbons (Fsp3) is 0.556. The zero-order valence-corrected chi connectivity index (χ0v) is 8.99. The van der Waals surface area contributed by atoms with Crippen LogP contribution in [0.3, 0.4) is 0 Å². The number of hydrogen-bond acceptors (Lipinski definition) is 4. The maximum atomic E-state index is 9.52. The zero-order chi connectivity index (χ0) is 10.6. The molecule has 0 amide bonds. The van der Waals surface area contributed by atoms with Gasteiger partial charge in [-0.1, -0.05) is 25.4 Å². The molecular formula is C9H14ClN3O. The van der Waals surface area contributed by atoms with E-state index < -0.39 is 6.10 Å². The van der Waals surface area contributed by atoms with Crippen molar-refractivity contribution in [2.24, 2.45) is 5.92 Å². The molecule has 0 aliphatic rings. The van der Waals surface area contributed by atoms with Crippen molar-refractivity contribution in [3.8, 4) is 0 Å². The molecule has 0 bridgehead atoms. The van der Waals surface area contributed by atoms with Crippen LogP contribution in [0, 0.1) is 5.92 Å². The predicted molar refractivity (Wildman–Crippen MR) is 56.4 cm³/mol. The number of nitrogens with one attached hydrogen (secondary N) is 1. The van der Waals surface area contributed by atoms with Gasteiger partial charge in [-0.15, -0.1) is 0 Å². The van der Waals surface area contributed by atoms with Gasteiger partial charge in [-0.25, -0.2) is 9.97 Å². The van der Waals surface area contributed by atoms with Gasteiger partial charge in [-0.3, -0.25) is 0 Å². The molecule has 1 rings (SSSR count). The molecule has 0 aliphatic heterocycles. The lowest BCUT2D eigenvalue weighted by Gasteiger charge is -2.15. The number of aromatic nitrogens is 2. The summed E-state index contributed by atoms with van der Waals surface area (Å²) in [5, 5.41) is 12.8. The largest absolute Gasteiger partial charge is 0.391 e. The second-order valence-electron chi connectivity index (χ2n) is 3.39. The number of hydrogen-bond donors (Lipinski definition) is 2. The Kier molecular flexibility index (Phi) is 4.10. The molecule has 0 aromatic carbocycles. The van der Waals surface area contributed by atoms with Crippen LogP contribution in [-0.4, -0.2) is 27.7 Å². The lowest BCUT2D eigenvalue weighted by molar-refractivity contribution is 0.138. The molecular weight excluding hydrogens is 202 g/mol. The summed E-state index contributed by atoms with van der Waals surface area (Å²) in [6, 6.07) is 0. The highest BCUT2D eigenvalue weighted by atomic mass is 35.5. The highest BCUT2D eigenvalue weighted by Crippen LogP contribution is 2.14. The Bertz CT molecular complexity index is 293. The van der Waals surface area contributed by atoms with E-state index in [1.807, 2.05) is 13.8 Å². The minimum atomic E-state index is -0.409. The van der Waals surface area contributed by atoms with E-state index in [1.165, 1.54) is 6.20 Å². The molecule has 0 radical (unpaired) electrons. The molecule has 5 heteroatoms. The van der Waals surface area contributed by atoms with Gasteiger partial charge in [0.1, 0.15) is 0 Å². The molecule has 1 unspecified atom stereocenters. The molecule has 4 nitrogen and oxygen atoms in total. The van der Waals surface area contributed by atoms with E-state index in [-0.39, 0.29) is 5.92 Å². The number of nitrogens with zero attached hydrogens (tertiary/aromatic N) is 2. The zero-order valence-electron chi connectivity index (χ0n) is 8.24. The lowest BCUT2D eigenvalue weighted by Crippen LogP contribution is -2.25. The van der Waals surface area contributed by atoms with Crippen LogP contribution in [0.4, 0.5) is 5.82 Å². The summed E-state index contributed by atoms with van der Waals surface area (Å²) in [6.07, 6.45) is 2.66. The number of anilines is 1. The second kappa shape index (κ2) is 5.12. The van der Waals surface area contributed by atoms with Crippen LogP contribution in [0.5, 0.6) is 0 Å². The lowest BCUT2D eigenvalue weighted by atomic mass is 10.1. The smallest absolute Gasteiger partial charge is 0.171 e. The SMILES string of the molecule is CC(C)C(O)CNc1nccnc1Cl. The highest BCUT2D eigenvalue weighted by molar-refractivity contribution is 6.31. The van der Waals surface area contributed by atoms with Crippen LogP contribution < -0.4 is 5.32 Å². The molecule has 0 saturated carbocycles. The summed E-state index contributed by atoms with van der Waals surface area (Å²) in [6.45, 7) is 4.32. The average Bonchev–Trinajstić information content (AvgIpc) is 2.16. The number of aliphatic hydroxyl groups is 1. The third kappa shape index (κ3) is 3.12. The number of aliphatic hydroxyl groups excluding tert-OH is 1. The van der Waals surface area contributed by atoms with E-state index in [2.05, 4.69) is 15.3 Å². The first-order valence-electron chi connectivity index (χ1n) is 4.49. The minimum absolute atomic E-state index is 0.206. The van der Waals surface area contributed by atoms with Crippen molar-refractivity contribution in [2.45, 2.75) is 20.0 Å². The Morgan fingerprint density at radius 3 is 2.64 bits per heavy atom. The van der Waals surface area contributed by atoms with Gasteiger partial charge < -0.3 is 10.4 Å². The van der Waals surface area contributed by atoms with Crippen molar-refractivity contribution in [1.82, 2.24) is 9.97 Å². The van der Waals surface area contributed by atoms with Gasteiger partial charge >= 0.3 is 0 Å². The van der Waals surface area contributed by atoms with Crippen molar-refractivity contribution in [1.29, 1.82) is 0 Å². The van der Waals surface area contributed by atoms with E-state index >= 15 is 0 Å². The van der Waals surface area contributed by atoms with Gasteiger partial charge in [0.05, 0.1) is 6.10 Å². The molecule has 1 aromatic heterocycles. The maximum Gasteiger partial charge on any atom is 0.171 e. The Labute approximate surface area is 88.3 Å². The molecule has 0 saturated heterocycles. The Morgan fingerprint density at radius 1 is 1.43 bits per heavy atom. The van der Waals surface area contributed by atoms with Crippen LogP contribution in [0.1, 0.15) is 13.8 Å². The normalized spacial score (nSPS) is 12.9. The molecule has 0 aliphatic carbocycles. The fourth-order valence-electron chi connectivity index (χ4n) is 0.877. The first-order valence-corrected chi connectivity index (χ1v) is 4.87. The number of halogens is 1. The van der Waals surface area contributed by atoms with Crippen LogP contribution in [-0.2, 0) is 0 Å². The van der Waals surface area contributed by atoms with E-state index in [0.717, 1.165) is 0 Å². The molecule has 14 heavy (non-hydrogen) atoms. The summed E-state index contributed by atoms with van der Waals surface area (Å²) in [5.74, 6) is 0.715. The van der Waals surface area contributed by atoms with Gasteiger partial charge in [0.2, 0.25) is 0 Å². The molecule has 0 fully saturated rings. The van der Waals surface area contributed by atoms with Gasteiger partial charge in [0.25, 0.3) is 0 Å². The Morgan fingerprint density at radius 2 is 2.07 bits per heavy atom. The van der Waals surface area contributed by atoms with Gasteiger partial charge in [-0.2, -0.15) is 0 Å². The van der Waals surface area contributed by atoms with Crippen molar-refractivity contribution >= 4 is 17.4 Å². The molecule has 2 N–H and O–H groups in total. The molecule has 1 heterocycles. The minimum Gasteiger partial charge on any atom is -0.391 e. The summed E-state index contributed by atoms with van der Waals surface area (Å²) >= 11 is 5.77. The van der Waals surface area contributed by atoms with E-state index in [0.29, 0.717) is 17.5 Å². The second-order valence-corrected chi connectivity index (χ2v) is 3.75. The summed E-state index contributed by atoms with van der Waals surface area (Å²) in [4.78, 5) is 7.85. The third-order valence-electron chi connectivity index (χ3n) is 1.90. The van der Waals surface area contributed by atoms with Gasteiger partial charge in [-0.05, 0) is 5.92 Å². The predicted octanol–water partition coefficient (Wildman–Crippen LogP) is 1.56. The molecule has 0 spiro atoms. The molecule has 1 aromatic rings. The Hall–Kier alpha value is -0.870. The fourth-order valence-corrected chi connectivity index (χ4v) is 1.05. The van der Waals surface area contributed by atoms with Crippen molar-refractivity contribution in [2.75, 3.05) is 11.9 Å². The van der Waals surface area contributed by atoms with Gasteiger partial charge in [0.15, 0.2) is 11.0 Å². The average molecular weight is 216 g/mol. The summed E-state index contributed by atoms with van der Waals surface area (Å²) in [7, 11) is 0. The van der Waals surface area contributed by atoms with Crippen LogP contribution in [0.2, 0.25) is 5.15 Å². The van der Waals surface area contributed by atoms with E-state index in [9.17, 15) is 5.11 Å². The summed E-state index contributed by atoms with van der Waals surface area (Å²) < 4.78 is 0. The first-order chi connectivity index (χ1) is 6.61.